The van der Waals surface area contributed by atoms with Crippen molar-refractivity contribution in [2.24, 2.45) is 0 Å². The minimum atomic E-state index is -0.349. The van der Waals surface area contributed by atoms with Gasteiger partial charge >= 0.3 is 0 Å². The van der Waals surface area contributed by atoms with Gasteiger partial charge in [-0.1, -0.05) is 0 Å². The van der Waals surface area contributed by atoms with Crippen molar-refractivity contribution in [3.63, 3.8) is 0 Å². The molecule has 1 N–H and O–H groups in total. The Bertz CT molecular complexity index is 986. The highest BCUT2D eigenvalue weighted by atomic mass is 19.1. The van der Waals surface area contributed by atoms with E-state index >= 15 is 0 Å². The first-order valence-corrected chi connectivity index (χ1v) is 8.54. The van der Waals surface area contributed by atoms with Gasteiger partial charge in [0.1, 0.15) is 11.5 Å². The minimum absolute atomic E-state index is 0.0549. The second-order valence-electron chi connectivity index (χ2n) is 6.33. The Morgan fingerprint density at radius 2 is 1.85 bits per heavy atom. The number of halogens is 1. The minimum Gasteiger partial charge on any atom is -0.420 e. The van der Waals surface area contributed by atoms with Gasteiger partial charge in [-0.25, -0.2) is 9.49 Å². The number of piperidine rings is 1. The van der Waals surface area contributed by atoms with E-state index in [1.165, 1.54) is 24.3 Å². The lowest BCUT2D eigenvalue weighted by Gasteiger charge is -2.30. The molecule has 1 aromatic carbocycles. The number of nitrogens with zero attached hydrogens (tertiary/aromatic N) is 4. The van der Waals surface area contributed by atoms with Crippen LogP contribution in [0.3, 0.4) is 0 Å². The number of carbonyl (C=O) groups excluding carboxylic acids is 1. The summed E-state index contributed by atoms with van der Waals surface area (Å²) in [6, 6.07) is 8.56. The Labute approximate surface area is 153 Å². The molecule has 8 nitrogen and oxygen atoms in total. The lowest BCUT2D eigenvalue weighted by molar-refractivity contribution is 0.0699. The molecule has 0 bridgehead atoms. The third-order valence-electron chi connectivity index (χ3n) is 4.56. The van der Waals surface area contributed by atoms with E-state index in [1.807, 2.05) is 0 Å². The maximum atomic E-state index is 13.0. The summed E-state index contributed by atoms with van der Waals surface area (Å²) in [5.41, 5.74) is 0.523. The summed E-state index contributed by atoms with van der Waals surface area (Å²) in [5.74, 6) is 0.374. The van der Waals surface area contributed by atoms with Gasteiger partial charge in [0.25, 0.3) is 11.5 Å². The predicted molar refractivity (Wildman–Crippen MR) is 92.4 cm³/mol. The molecule has 1 aliphatic rings. The molecule has 0 radical (unpaired) electrons. The van der Waals surface area contributed by atoms with Crippen LogP contribution in [0.15, 0.2) is 45.6 Å². The Morgan fingerprint density at radius 3 is 2.52 bits per heavy atom. The number of hydrogen-bond acceptors (Lipinski definition) is 6. The lowest BCUT2D eigenvalue weighted by Crippen LogP contribution is -2.38. The number of likely N-dealkylation sites (tertiary alicyclic amines) is 1. The lowest BCUT2D eigenvalue weighted by atomic mass is 9.96. The average molecular weight is 369 g/mol. The number of carbonyl (C=O) groups is 1. The average Bonchev–Trinajstić information content (AvgIpc) is 3.19. The van der Waals surface area contributed by atoms with Crippen LogP contribution in [0.1, 0.15) is 35.1 Å². The van der Waals surface area contributed by atoms with E-state index in [0.717, 1.165) is 0 Å². The quantitative estimate of drug-likeness (QED) is 0.757. The highest BCUT2D eigenvalue weighted by molar-refractivity contribution is 5.92. The summed E-state index contributed by atoms with van der Waals surface area (Å²) >= 11 is 0. The molecule has 0 spiro atoms. The zero-order chi connectivity index (χ0) is 18.8. The van der Waals surface area contributed by atoms with Gasteiger partial charge in [-0.2, -0.15) is 5.10 Å². The molecule has 3 heterocycles. The largest absolute Gasteiger partial charge is 0.420 e. The van der Waals surface area contributed by atoms with E-state index < -0.39 is 0 Å². The normalized spacial score (nSPS) is 15.1. The number of aromatic nitrogens is 4. The first kappa shape index (κ1) is 17.1. The fraction of sp³-hybridized carbons (Fsp3) is 0.278. The van der Waals surface area contributed by atoms with Crippen LogP contribution in [0.2, 0.25) is 0 Å². The number of amides is 1. The molecule has 1 saturated heterocycles. The number of benzene rings is 1. The molecule has 0 atom stereocenters. The smallest absolute Gasteiger partial charge is 0.274 e. The Morgan fingerprint density at radius 1 is 1.11 bits per heavy atom. The van der Waals surface area contributed by atoms with Gasteiger partial charge < -0.3 is 9.32 Å². The van der Waals surface area contributed by atoms with Crippen LogP contribution in [-0.4, -0.2) is 44.3 Å². The molecule has 0 saturated carbocycles. The molecular weight excluding hydrogens is 353 g/mol. The standard InChI is InChI=1S/C18H16FN5O3/c19-13-3-1-11(2-4-13)16-22-23-17(27-16)12-7-9-24(10-8-12)18(26)14-5-6-15(25)21-20-14/h1-6,12H,7-10H2,(H,21,25). The molecule has 27 heavy (non-hydrogen) atoms. The molecule has 9 heteroatoms. The highest BCUT2D eigenvalue weighted by Gasteiger charge is 2.28. The molecule has 0 aliphatic carbocycles. The van der Waals surface area contributed by atoms with Gasteiger partial charge in [-0.15, -0.1) is 10.2 Å². The third-order valence-corrected chi connectivity index (χ3v) is 4.56. The van der Waals surface area contributed by atoms with Crippen LogP contribution in [0, 0.1) is 5.82 Å². The predicted octanol–water partition coefficient (Wildman–Crippen LogP) is 1.98. The number of nitrogens with one attached hydrogen (secondary N) is 1. The van der Waals surface area contributed by atoms with E-state index in [2.05, 4.69) is 20.4 Å². The van der Waals surface area contributed by atoms with Crippen LogP contribution < -0.4 is 5.56 Å². The van der Waals surface area contributed by atoms with Crippen LogP contribution in [0.4, 0.5) is 4.39 Å². The maximum absolute atomic E-state index is 13.0. The third kappa shape index (κ3) is 3.62. The monoisotopic (exact) mass is 369 g/mol. The summed E-state index contributed by atoms with van der Waals surface area (Å²) in [5, 5.41) is 14.2. The van der Waals surface area contributed by atoms with Crippen LogP contribution in [0.5, 0.6) is 0 Å². The molecular formula is C18H16FN5O3. The van der Waals surface area contributed by atoms with Crippen molar-refractivity contribution in [3.8, 4) is 11.5 Å². The number of hydrogen-bond donors (Lipinski definition) is 1. The van der Waals surface area contributed by atoms with Gasteiger partial charge in [0.2, 0.25) is 11.8 Å². The maximum Gasteiger partial charge on any atom is 0.274 e. The van der Waals surface area contributed by atoms with Crippen LogP contribution in [-0.2, 0) is 0 Å². The fourth-order valence-corrected chi connectivity index (χ4v) is 3.06. The van der Waals surface area contributed by atoms with Crippen molar-refractivity contribution in [2.45, 2.75) is 18.8 Å². The van der Waals surface area contributed by atoms with Crippen molar-refractivity contribution in [1.82, 2.24) is 25.3 Å². The number of aromatic amines is 1. The van der Waals surface area contributed by atoms with Gasteiger partial charge in [0.15, 0.2) is 0 Å². The topological polar surface area (TPSA) is 105 Å². The van der Waals surface area contributed by atoms with Crippen molar-refractivity contribution in [2.75, 3.05) is 13.1 Å². The van der Waals surface area contributed by atoms with Crippen LogP contribution >= 0.6 is 0 Å². The highest BCUT2D eigenvalue weighted by Crippen LogP contribution is 2.29. The van der Waals surface area contributed by atoms with Gasteiger partial charge in [0, 0.05) is 30.6 Å². The van der Waals surface area contributed by atoms with E-state index in [0.29, 0.717) is 43.3 Å². The summed E-state index contributed by atoms with van der Waals surface area (Å²) in [7, 11) is 0. The molecule has 1 aliphatic heterocycles. The van der Waals surface area contributed by atoms with E-state index in [-0.39, 0.29) is 28.9 Å². The SMILES string of the molecule is O=C(c1ccc(=O)[nH]n1)N1CCC(c2nnc(-c3ccc(F)cc3)o2)CC1. The molecule has 4 rings (SSSR count). The summed E-state index contributed by atoms with van der Waals surface area (Å²) < 4.78 is 18.8. The zero-order valence-corrected chi connectivity index (χ0v) is 14.3. The molecule has 1 amide bonds. The fourth-order valence-electron chi connectivity index (χ4n) is 3.06. The van der Waals surface area contributed by atoms with E-state index in [4.69, 9.17) is 4.42 Å². The number of H-pyrrole nitrogens is 1. The molecule has 138 valence electrons. The Hall–Kier alpha value is -3.36. The van der Waals surface area contributed by atoms with Gasteiger partial charge in [-0.3, -0.25) is 9.59 Å². The zero-order valence-electron chi connectivity index (χ0n) is 14.3. The van der Waals surface area contributed by atoms with Crippen molar-refractivity contribution in [3.05, 3.63) is 64.2 Å². The first-order chi connectivity index (χ1) is 13.1. The molecule has 0 unspecified atom stereocenters. The second kappa shape index (κ2) is 7.10. The Balaban J connectivity index is 1.40. The van der Waals surface area contributed by atoms with Crippen LogP contribution in [0.25, 0.3) is 11.5 Å². The van der Waals surface area contributed by atoms with Crippen molar-refractivity contribution < 1.29 is 13.6 Å². The van der Waals surface area contributed by atoms with Crippen molar-refractivity contribution in [1.29, 1.82) is 0 Å². The summed E-state index contributed by atoms with van der Waals surface area (Å²) in [6.07, 6.45) is 1.36. The molecule has 3 aromatic rings. The second-order valence-corrected chi connectivity index (χ2v) is 6.33. The number of rotatable bonds is 3. The van der Waals surface area contributed by atoms with Crippen molar-refractivity contribution >= 4 is 5.91 Å². The first-order valence-electron chi connectivity index (χ1n) is 8.54. The molecule has 1 fully saturated rings. The van der Waals surface area contributed by atoms with Gasteiger partial charge in [0.05, 0.1) is 0 Å². The Kier molecular flexibility index (Phi) is 4.49. The van der Waals surface area contributed by atoms with Gasteiger partial charge in [-0.05, 0) is 43.2 Å². The summed E-state index contributed by atoms with van der Waals surface area (Å²) in [6.45, 7) is 1.05. The van der Waals surface area contributed by atoms with E-state index in [1.54, 1.807) is 17.0 Å². The summed E-state index contributed by atoms with van der Waals surface area (Å²) in [4.78, 5) is 25.2. The molecule has 2 aromatic heterocycles. The van der Waals surface area contributed by atoms with E-state index in [9.17, 15) is 14.0 Å².